The van der Waals surface area contributed by atoms with Crippen molar-refractivity contribution in [3.05, 3.63) is 64.8 Å². The van der Waals surface area contributed by atoms with Crippen LogP contribution >= 0.6 is 11.6 Å². The smallest absolute Gasteiger partial charge is 0.338 e. The van der Waals surface area contributed by atoms with Crippen LogP contribution in [0.4, 0.5) is 0 Å². The molecule has 0 aliphatic rings. The van der Waals surface area contributed by atoms with Crippen LogP contribution in [-0.2, 0) is 0 Å². The SMILES string of the molecule is Cc1c(C(=O)O)c2ccccc2n1C(=O)COc1ccccc1Cl. The molecule has 1 aromatic heterocycles. The topological polar surface area (TPSA) is 68.5 Å². The van der Waals surface area contributed by atoms with Gasteiger partial charge in [-0.05, 0) is 25.1 Å². The van der Waals surface area contributed by atoms with E-state index in [1.165, 1.54) is 4.57 Å². The number of aromatic carboxylic acids is 1. The highest BCUT2D eigenvalue weighted by atomic mass is 35.5. The molecular formula is C18H14ClNO4. The van der Waals surface area contributed by atoms with Crippen molar-refractivity contribution < 1.29 is 19.4 Å². The van der Waals surface area contributed by atoms with Gasteiger partial charge in [0.15, 0.2) is 6.61 Å². The lowest BCUT2D eigenvalue weighted by molar-refractivity contribution is 0.0698. The van der Waals surface area contributed by atoms with E-state index in [4.69, 9.17) is 16.3 Å². The van der Waals surface area contributed by atoms with Crippen molar-refractivity contribution in [3.63, 3.8) is 0 Å². The molecule has 0 saturated heterocycles. The first kappa shape index (κ1) is 16.1. The molecule has 0 radical (unpaired) electrons. The van der Waals surface area contributed by atoms with Gasteiger partial charge < -0.3 is 9.84 Å². The molecule has 5 nitrogen and oxygen atoms in total. The first-order valence-electron chi connectivity index (χ1n) is 7.24. The van der Waals surface area contributed by atoms with Crippen LogP contribution in [0.3, 0.4) is 0 Å². The third-order valence-electron chi connectivity index (χ3n) is 3.76. The van der Waals surface area contributed by atoms with Crippen molar-refractivity contribution in [1.82, 2.24) is 4.57 Å². The molecule has 3 rings (SSSR count). The molecule has 1 heterocycles. The molecule has 3 aromatic rings. The molecule has 0 aliphatic carbocycles. The van der Waals surface area contributed by atoms with E-state index in [1.807, 2.05) is 0 Å². The maximum atomic E-state index is 12.6. The first-order chi connectivity index (χ1) is 11.5. The zero-order chi connectivity index (χ0) is 17.3. The summed E-state index contributed by atoms with van der Waals surface area (Å²) in [7, 11) is 0. The predicted octanol–water partition coefficient (Wildman–Crippen LogP) is 4.02. The maximum Gasteiger partial charge on any atom is 0.338 e. The minimum absolute atomic E-state index is 0.122. The quantitative estimate of drug-likeness (QED) is 0.776. The highest BCUT2D eigenvalue weighted by Crippen LogP contribution is 2.27. The number of aromatic nitrogens is 1. The highest BCUT2D eigenvalue weighted by Gasteiger charge is 2.22. The summed E-state index contributed by atoms with van der Waals surface area (Å²) in [5.74, 6) is -1.03. The fourth-order valence-electron chi connectivity index (χ4n) is 2.72. The lowest BCUT2D eigenvalue weighted by Crippen LogP contribution is -2.20. The normalized spacial score (nSPS) is 10.8. The van der Waals surface area contributed by atoms with Gasteiger partial charge in [-0.3, -0.25) is 9.36 Å². The number of nitrogens with zero attached hydrogens (tertiary/aromatic N) is 1. The van der Waals surface area contributed by atoms with Crippen LogP contribution in [0, 0.1) is 6.92 Å². The van der Waals surface area contributed by atoms with Crippen molar-refractivity contribution >= 4 is 34.4 Å². The van der Waals surface area contributed by atoms with Gasteiger partial charge in [-0.1, -0.05) is 41.9 Å². The number of ether oxygens (including phenoxy) is 1. The predicted molar refractivity (Wildman–Crippen MR) is 91.2 cm³/mol. The average Bonchev–Trinajstić information content (AvgIpc) is 2.86. The van der Waals surface area contributed by atoms with Gasteiger partial charge in [0, 0.05) is 11.1 Å². The number of carboxylic acids is 1. The third-order valence-corrected chi connectivity index (χ3v) is 4.07. The molecule has 0 spiro atoms. The summed E-state index contributed by atoms with van der Waals surface area (Å²) in [6, 6.07) is 13.7. The number of carbonyl (C=O) groups is 2. The number of carboxylic acid groups (broad SMARTS) is 1. The molecule has 0 amide bonds. The third kappa shape index (κ3) is 2.74. The second-order valence-electron chi connectivity index (χ2n) is 5.23. The summed E-state index contributed by atoms with van der Waals surface area (Å²) in [6.07, 6.45) is 0. The van der Waals surface area contributed by atoms with Crippen molar-refractivity contribution in [3.8, 4) is 5.75 Å². The van der Waals surface area contributed by atoms with E-state index >= 15 is 0 Å². The number of halogens is 1. The molecule has 0 atom stereocenters. The lowest BCUT2D eigenvalue weighted by Gasteiger charge is -2.10. The van der Waals surface area contributed by atoms with Crippen molar-refractivity contribution in [2.75, 3.05) is 6.61 Å². The number of benzene rings is 2. The van der Waals surface area contributed by atoms with E-state index in [0.29, 0.717) is 27.4 Å². The lowest BCUT2D eigenvalue weighted by atomic mass is 10.1. The summed E-state index contributed by atoms with van der Waals surface area (Å²) < 4.78 is 6.85. The van der Waals surface area contributed by atoms with Crippen LogP contribution in [-0.4, -0.2) is 28.2 Å². The Hall–Kier alpha value is -2.79. The summed E-state index contributed by atoms with van der Waals surface area (Å²) >= 11 is 6.00. The molecule has 1 N–H and O–H groups in total. The fraction of sp³-hybridized carbons (Fsp3) is 0.111. The van der Waals surface area contributed by atoms with Crippen LogP contribution in [0.1, 0.15) is 20.8 Å². The van der Waals surface area contributed by atoms with Crippen LogP contribution in [0.5, 0.6) is 5.75 Å². The molecule has 2 aromatic carbocycles. The zero-order valence-corrected chi connectivity index (χ0v) is 13.6. The summed E-state index contributed by atoms with van der Waals surface area (Å²) in [5.41, 5.74) is 1.04. The van der Waals surface area contributed by atoms with E-state index in [0.717, 1.165) is 0 Å². The molecule has 24 heavy (non-hydrogen) atoms. The molecule has 122 valence electrons. The maximum absolute atomic E-state index is 12.6. The van der Waals surface area contributed by atoms with Gasteiger partial charge >= 0.3 is 5.97 Å². The molecule has 0 saturated carbocycles. The summed E-state index contributed by atoms with van der Waals surface area (Å²) in [4.78, 5) is 24.1. The highest BCUT2D eigenvalue weighted by molar-refractivity contribution is 6.32. The second kappa shape index (κ2) is 6.37. The number of fused-ring (bicyclic) bond motifs is 1. The minimum atomic E-state index is -1.07. The van der Waals surface area contributed by atoms with Gasteiger partial charge in [0.2, 0.25) is 0 Å². The Balaban J connectivity index is 1.97. The molecule has 0 bridgehead atoms. The number of rotatable bonds is 4. The van der Waals surface area contributed by atoms with Gasteiger partial charge in [0.05, 0.1) is 16.1 Å². The molecule has 0 unspecified atom stereocenters. The van der Waals surface area contributed by atoms with Crippen LogP contribution in [0.15, 0.2) is 48.5 Å². The second-order valence-corrected chi connectivity index (χ2v) is 5.64. The Kier molecular flexibility index (Phi) is 4.27. The van der Waals surface area contributed by atoms with Crippen molar-refractivity contribution in [1.29, 1.82) is 0 Å². The van der Waals surface area contributed by atoms with Crippen molar-refractivity contribution in [2.24, 2.45) is 0 Å². The van der Waals surface area contributed by atoms with Gasteiger partial charge in [0.25, 0.3) is 5.91 Å². The summed E-state index contributed by atoms with van der Waals surface area (Å²) in [6.45, 7) is 1.36. The van der Waals surface area contributed by atoms with Crippen LogP contribution < -0.4 is 4.74 Å². The van der Waals surface area contributed by atoms with Crippen molar-refractivity contribution in [2.45, 2.75) is 6.92 Å². The molecule has 0 aliphatic heterocycles. The molecular weight excluding hydrogens is 330 g/mol. The van der Waals surface area contributed by atoms with Crippen LogP contribution in [0.25, 0.3) is 10.9 Å². The van der Waals surface area contributed by atoms with Crippen LogP contribution in [0.2, 0.25) is 5.02 Å². The van der Waals surface area contributed by atoms with E-state index in [1.54, 1.807) is 55.5 Å². The Morgan fingerprint density at radius 3 is 2.50 bits per heavy atom. The first-order valence-corrected chi connectivity index (χ1v) is 7.62. The number of hydrogen-bond donors (Lipinski definition) is 1. The van der Waals surface area contributed by atoms with E-state index in [-0.39, 0.29) is 18.1 Å². The Morgan fingerprint density at radius 1 is 1.12 bits per heavy atom. The number of hydrogen-bond acceptors (Lipinski definition) is 3. The monoisotopic (exact) mass is 343 g/mol. The Bertz CT molecular complexity index is 945. The Labute approximate surface area is 143 Å². The zero-order valence-electron chi connectivity index (χ0n) is 12.8. The van der Waals surface area contributed by atoms with E-state index in [2.05, 4.69) is 0 Å². The number of carbonyl (C=O) groups excluding carboxylic acids is 1. The molecule has 6 heteroatoms. The number of para-hydroxylation sites is 2. The summed E-state index contributed by atoms with van der Waals surface area (Å²) in [5, 5.41) is 10.4. The average molecular weight is 344 g/mol. The fourth-order valence-corrected chi connectivity index (χ4v) is 2.91. The van der Waals surface area contributed by atoms with E-state index < -0.39 is 5.97 Å². The Morgan fingerprint density at radius 2 is 1.79 bits per heavy atom. The standard InChI is InChI=1S/C18H14ClNO4/c1-11-17(18(22)23)12-6-2-4-8-14(12)20(11)16(21)10-24-15-9-5-3-7-13(15)19/h2-9H,10H2,1H3,(H,22,23). The minimum Gasteiger partial charge on any atom is -0.482 e. The van der Waals surface area contributed by atoms with Gasteiger partial charge in [-0.25, -0.2) is 4.79 Å². The van der Waals surface area contributed by atoms with Gasteiger partial charge in [0.1, 0.15) is 5.75 Å². The molecule has 0 fully saturated rings. The van der Waals surface area contributed by atoms with Gasteiger partial charge in [-0.15, -0.1) is 0 Å². The largest absolute Gasteiger partial charge is 0.482 e. The van der Waals surface area contributed by atoms with Gasteiger partial charge in [-0.2, -0.15) is 0 Å². The van der Waals surface area contributed by atoms with E-state index in [9.17, 15) is 14.7 Å².